The van der Waals surface area contributed by atoms with Gasteiger partial charge >= 0.3 is 10.4 Å². The van der Waals surface area contributed by atoms with Crippen LogP contribution < -0.4 is 0 Å². The molecule has 0 aliphatic carbocycles. The quantitative estimate of drug-likeness (QED) is 0.290. The monoisotopic (exact) mass is 384 g/mol. The van der Waals surface area contributed by atoms with Crippen molar-refractivity contribution in [3.63, 3.8) is 0 Å². The van der Waals surface area contributed by atoms with Gasteiger partial charge in [0.1, 0.15) is 0 Å². The van der Waals surface area contributed by atoms with Crippen LogP contribution in [-0.2, 0) is 18.2 Å². The van der Waals surface area contributed by atoms with Crippen molar-refractivity contribution in [1.29, 1.82) is 0 Å². The highest BCUT2D eigenvalue weighted by molar-refractivity contribution is 8.32. The standard InChI is InChI=1S/C18H40O4S2/c1-5-7-9-11-13-15-17-23(4,22-24(19,20)21-3)18-16-14-12-10-8-6-2/h5-18H2,1-4H3. The summed E-state index contributed by atoms with van der Waals surface area (Å²) in [4.78, 5) is 0. The van der Waals surface area contributed by atoms with Crippen molar-refractivity contribution in [2.45, 2.75) is 90.9 Å². The van der Waals surface area contributed by atoms with Gasteiger partial charge in [-0.05, 0) is 19.1 Å². The first-order valence-corrected chi connectivity index (χ1v) is 13.3. The van der Waals surface area contributed by atoms with Crippen LogP contribution in [0.15, 0.2) is 0 Å². The van der Waals surface area contributed by atoms with E-state index in [1.54, 1.807) is 0 Å². The molecule has 0 spiro atoms. The van der Waals surface area contributed by atoms with Crippen molar-refractivity contribution in [2.75, 3.05) is 24.9 Å². The Kier molecular flexibility index (Phi) is 14.5. The van der Waals surface area contributed by atoms with Crippen LogP contribution in [0.25, 0.3) is 0 Å². The highest BCUT2D eigenvalue weighted by Gasteiger charge is 2.26. The predicted octanol–water partition coefficient (Wildman–Crippen LogP) is 5.96. The summed E-state index contributed by atoms with van der Waals surface area (Å²) in [6.45, 7) is 4.43. The number of unbranched alkanes of at least 4 members (excludes halogenated alkanes) is 10. The van der Waals surface area contributed by atoms with Crippen LogP contribution in [0.1, 0.15) is 90.9 Å². The van der Waals surface area contributed by atoms with Gasteiger partial charge in [0.05, 0.1) is 7.11 Å². The Morgan fingerprint density at radius 2 is 1.04 bits per heavy atom. The van der Waals surface area contributed by atoms with E-state index in [-0.39, 0.29) is 0 Å². The topological polar surface area (TPSA) is 52.6 Å². The first-order chi connectivity index (χ1) is 11.4. The fourth-order valence-electron chi connectivity index (χ4n) is 2.77. The molecule has 6 heteroatoms. The Hall–Kier alpha value is 0.220. The normalized spacial score (nSPS) is 13.3. The molecular formula is C18H40O4S2. The van der Waals surface area contributed by atoms with E-state index >= 15 is 0 Å². The Bertz CT molecular complexity index is 366. The zero-order chi connectivity index (χ0) is 18.3. The molecule has 148 valence electrons. The average Bonchev–Trinajstić information content (AvgIpc) is 2.54. The van der Waals surface area contributed by atoms with Crippen LogP contribution in [-0.4, -0.2) is 33.3 Å². The minimum Gasteiger partial charge on any atom is -0.251 e. The molecule has 0 saturated carbocycles. The zero-order valence-corrected chi connectivity index (χ0v) is 18.0. The van der Waals surface area contributed by atoms with E-state index in [4.69, 9.17) is 3.63 Å². The molecule has 4 nitrogen and oxygen atoms in total. The van der Waals surface area contributed by atoms with E-state index in [0.717, 1.165) is 37.2 Å². The molecular weight excluding hydrogens is 344 g/mol. The summed E-state index contributed by atoms with van der Waals surface area (Å²) < 4.78 is 33.5. The second-order valence-electron chi connectivity index (χ2n) is 6.77. The Morgan fingerprint density at radius 3 is 1.42 bits per heavy atom. The molecule has 0 rings (SSSR count). The molecule has 0 atom stereocenters. The van der Waals surface area contributed by atoms with Crippen LogP contribution in [0, 0.1) is 0 Å². The van der Waals surface area contributed by atoms with Crippen molar-refractivity contribution in [3.8, 4) is 0 Å². The van der Waals surface area contributed by atoms with Crippen molar-refractivity contribution in [2.24, 2.45) is 0 Å². The molecule has 0 unspecified atom stereocenters. The van der Waals surface area contributed by atoms with Crippen molar-refractivity contribution >= 4 is 20.7 Å². The number of hydrogen-bond acceptors (Lipinski definition) is 4. The summed E-state index contributed by atoms with van der Waals surface area (Å²) in [5.41, 5.74) is 0. The van der Waals surface area contributed by atoms with E-state index < -0.39 is 20.7 Å². The van der Waals surface area contributed by atoms with Gasteiger partial charge in [0, 0.05) is 11.5 Å². The van der Waals surface area contributed by atoms with E-state index in [2.05, 4.69) is 18.0 Å². The fraction of sp³-hybridized carbons (Fsp3) is 1.00. The van der Waals surface area contributed by atoms with Crippen molar-refractivity contribution in [1.82, 2.24) is 0 Å². The molecule has 0 bridgehead atoms. The minimum atomic E-state index is -3.84. The SMILES string of the molecule is CCCCCCCCS(C)(CCCCCCCC)OS(=O)(=O)OC. The third kappa shape index (κ3) is 13.5. The summed E-state index contributed by atoms with van der Waals surface area (Å²) in [6.07, 6.45) is 16.5. The first-order valence-electron chi connectivity index (χ1n) is 9.64. The summed E-state index contributed by atoms with van der Waals surface area (Å²) in [7, 11) is -4.28. The summed E-state index contributed by atoms with van der Waals surface area (Å²) in [5.74, 6) is 1.72. The van der Waals surface area contributed by atoms with Gasteiger partial charge in [0.2, 0.25) is 0 Å². The van der Waals surface area contributed by atoms with E-state index in [1.807, 2.05) is 6.26 Å². The van der Waals surface area contributed by atoms with Crippen LogP contribution in [0.4, 0.5) is 0 Å². The molecule has 0 saturated heterocycles. The first kappa shape index (κ1) is 24.2. The maximum Gasteiger partial charge on any atom is 0.409 e. The van der Waals surface area contributed by atoms with Crippen LogP contribution in [0.5, 0.6) is 0 Å². The van der Waals surface area contributed by atoms with Gasteiger partial charge in [0.15, 0.2) is 0 Å². The van der Waals surface area contributed by atoms with Crippen LogP contribution in [0.3, 0.4) is 0 Å². The summed E-state index contributed by atoms with van der Waals surface area (Å²) in [5, 5.41) is 0. The molecule has 0 aromatic rings. The molecule has 0 amide bonds. The molecule has 0 heterocycles. The van der Waals surface area contributed by atoms with E-state index in [0.29, 0.717) is 0 Å². The molecule has 0 aliphatic rings. The Labute approximate surface area is 152 Å². The third-order valence-corrected chi connectivity index (χ3v) is 9.00. The van der Waals surface area contributed by atoms with Crippen molar-refractivity contribution in [3.05, 3.63) is 0 Å². The number of rotatable bonds is 17. The molecule has 0 radical (unpaired) electrons. The second kappa shape index (κ2) is 14.4. The third-order valence-electron chi connectivity index (χ3n) is 4.31. The average molecular weight is 385 g/mol. The van der Waals surface area contributed by atoms with Gasteiger partial charge in [-0.25, -0.2) is 0 Å². The summed E-state index contributed by atoms with van der Waals surface area (Å²) in [6, 6.07) is 0. The van der Waals surface area contributed by atoms with Crippen LogP contribution in [0.2, 0.25) is 0 Å². The van der Waals surface area contributed by atoms with Gasteiger partial charge in [-0.15, -0.1) is 10.3 Å². The largest absolute Gasteiger partial charge is 0.409 e. The minimum absolute atomic E-state index is 0.858. The molecule has 0 N–H and O–H groups in total. The fourth-order valence-corrected chi connectivity index (χ4v) is 6.98. The lowest BCUT2D eigenvalue weighted by atomic mass is 10.1. The lowest BCUT2D eigenvalue weighted by Crippen LogP contribution is -2.18. The second-order valence-corrected chi connectivity index (χ2v) is 11.6. The molecule has 24 heavy (non-hydrogen) atoms. The van der Waals surface area contributed by atoms with Gasteiger partial charge < -0.3 is 0 Å². The molecule has 0 aromatic heterocycles. The molecule has 0 aliphatic heterocycles. The van der Waals surface area contributed by atoms with Crippen molar-refractivity contribution < 1.29 is 16.2 Å². The summed E-state index contributed by atoms with van der Waals surface area (Å²) >= 11 is 0. The van der Waals surface area contributed by atoms with E-state index in [1.165, 1.54) is 58.5 Å². The number of hydrogen-bond donors (Lipinski definition) is 0. The Balaban J connectivity index is 4.28. The van der Waals surface area contributed by atoms with Gasteiger partial charge in [-0.3, -0.25) is 4.18 Å². The van der Waals surface area contributed by atoms with Gasteiger partial charge in [-0.1, -0.05) is 78.1 Å². The highest BCUT2D eigenvalue weighted by atomic mass is 32.3. The van der Waals surface area contributed by atoms with Crippen LogP contribution >= 0.6 is 10.3 Å². The lowest BCUT2D eigenvalue weighted by molar-refractivity contribution is 0.340. The molecule has 0 aromatic carbocycles. The maximum absolute atomic E-state index is 11.7. The smallest absolute Gasteiger partial charge is 0.251 e. The van der Waals surface area contributed by atoms with E-state index in [9.17, 15) is 8.42 Å². The maximum atomic E-state index is 11.7. The van der Waals surface area contributed by atoms with Gasteiger partial charge in [0.25, 0.3) is 0 Å². The zero-order valence-electron chi connectivity index (χ0n) is 16.3. The molecule has 0 fully saturated rings. The Morgan fingerprint density at radius 1 is 0.667 bits per heavy atom. The predicted molar refractivity (Wildman–Crippen MR) is 107 cm³/mol. The lowest BCUT2D eigenvalue weighted by Gasteiger charge is -2.34. The van der Waals surface area contributed by atoms with Gasteiger partial charge in [-0.2, -0.15) is 12.0 Å². The highest BCUT2D eigenvalue weighted by Crippen LogP contribution is 2.49.